The molecular formula is C17H11F3N4. The van der Waals surface area contributed by atoms with Gasteiger partial charge in [-0.3, -0.25) is 4.98 Å². The molecule has 0 N–H and O–H groups in total. The van der Waals surface area contributed by atoms with Crippen molar-refractivity contribution in [2.45, 2.75) is 13.1 Å². The number of halogens is 3. The van der Waals surface area contributed by atoms with Crippen molar-refractivity contribution >= 4 is 21.8 Å². The van der Waals surface area contributed by atoms with Gasteiger partial charge in [0.2, 0.25) is 0 Å². The first-order chi connectivity index (χ1) is 11.4. The Morgan fingerprint density at radius 2 is 1.67 bits per heavy atom. The number of aromatic nitrogens is 4. The van der Waals surface area contributed by atoms with Gasteiger partial charge in [-0.2, -0.15) is 18.3 Å². The van der Waals surface area contributed by atoms with Crippen LogP contribution in [0.3, 0.4) is 0 Å². The van der Waals surface area contributed by atoms with Crippen LogP contribution in [0.15, 0.2) is 48.7 Å². The summed E-state index contributed by atoms with van der Waals surface area (Å²) in [4.78, 5) is 8.84. The molecule has 0 bridgehead atoms. The van der Waals surface area contributed by atoms with Crippen LogP contribution >= 0.6 is 0 Å². The quantitative estimate of drug-likeness (QED) is 0.489. The standard InChI is InChI=1S/C17H11F3N4/c1-10-9-13(17(18,19)20)23-24(10)14-7-6-12-5-4-11-3-2-8-21-15(11)16(12)22-14/h2-9H,1H3. The third-order valence-electron chi connectivity index (χ3n) is 3.81. The molecule has 0 saturated carbocycles. The van der Waals surface area contributed by atoms with Crippen LogP contribution in [-0.2, 0) is 6.18 Å². The minimum atomic E-state index is -4.49. The lowest BCUT2D eigenvalue weighted by Gasteiger charge is -2.07. The molecule has 0 radical (unpaired) electrons. The maximum atomic E-state index is 12.9. The molecule has 0 atom stereocenters. The molecule has 3 heterocycles. The highest BCUT2D eigenvalue weighted by Gasteiger charge is 2.34. The lowest BCUT2D eigenvalue weighted by atomic mass is 10.1. The van der Waals surface area contributed by atoms with E-state index in [1.807, 2.05) is 24.3 Å². The van der Waals surface area contributed by atoms with Gasteiger partial charge in [0, 0.05) is 22.7 Å². The van der Waals surface area contributed by atoms with E-state index in [0.717, 1.165) is 16.8 Å². The number of pyridine rings is 2. The number of aryl methyl sites for hydroxylation is 1. The van der Waals surface area contributed by atoms with Crippen molar-refractivity contribution in [2.24, 2.45) is 0 Å². The highest BCUT2D eigenvalue weighted by atomic mass is 19.4. The van der Waals surface area contributed by atoms with Crippen molar-refractivity contribution in [1.82, 2.24) is 19.7 Å². The fraction of sp³-hybridized carbons (Fsp3) is 0.118. The third kappa shape index (κ3) is 2.29. The molecule has 0 aliphatic carbocycles. The van der Waals surface area contributed by atoms with Crippen molar-refractivity contribution in [3.8, 4) is 5.82 Å². The number of fused-ring (bicyclic) bond motifs is 3. The molecule has 0 aliphatic rings. The molecule has 0 fully saturated rings. The Balaban J connectivity index is 1.95. The van der Waals surface area contributed by atoms with E-state index in [4.69, 9.17) is 0 Å². The Morgan fingerprint density at radius 3 is 2.38 bits per heavy atom. The van der Waals surface area contributed by atoms with Gasteiger partial charge in [-0.1, -0.05) is 18.2 Å². The van der Waals surface area contributed by atoms with Crippen LogP contribution in [0.2, 0.25) is 0 Å². The Hall–Kier alpha value is -2.96. The number of benzene rings is 1. The van der Waals surface area contributed by atoms with Gasteiger partial charge in [0.25, 0.3) is 0 Å². The zero-order chi connectivity index (χ0) is 16.9. The first kappa shape index (κ1) is 14.6. The number of rotatable bonds is 1. The van der Waals surface area contributed by atoms with E-state index >= 15 is 0 Å². The summed E-state index contributed by atoms with van der Waals surface area (Å²) in [5.74, 6) is 0.327. The average molecular weight is 328 g/mol. The van der Waals surface area contributed by atoms with Gasteiger partial charge in [0.15, 0.2) is 11.5 Å². The van der Waals surface area contributed by atoms with E-state index in [0.29, 0.717) is 22.5 Å². The highest BCUT2D eigenvalue weighted by Crippen LogP contribution is 2.29. The smallest absolute Gasteiger partial charge is 0.254 e. The topological polar surface area (TPSA) is 43.6 Å². The van der Waals surface area contributed by atoms with Crippen LogP contribution in [0.25, 0.3) is 27.6 Å². The Labute approximate surface area is 134 Å². The molecule has 3 aromatic heterocycles. The monoisotopic (exact) mass is 328 g/mol. The summed E-state index contributed by atoms with van der Waals surface area (Å²) in [5.41, 5.74) is 0.770. The van der Waals surface area contributed by atoms with Crippen LogP contribution in [0.4, 0.5) is 13.2 Å². The predicted molar refractivity (Wildman–Crippen MR) is 83.9 cm³/mol. The fourth-order valence-corrected chi connectivity index (χ4v) is 2.68. The first-order valence-corrected chi connectivity index (χ1v) is 7.22. The number of alkyl halides is 3. The zero-order valence-electron chi connectivity index (χ0n) is 12.5. The molecule has 7 heteroatoms. The van der Waals surface area contributed by atoms with Gasteiger partial charge in [-0.15, -0.1) is 0 Å². The van der Waals surface area contributed by atoms with Gasteiger partial charge < -0.3 is 0 Å². The fourth-order valence-electron chi connectivity index (χ4n) is 2.68. The van der Waals surface area contributed by atoms with Gasteiger partial charge in [-0.05, 0) is 31.2 Å². The van der Waals surface area contributed by atoms with Crippen LogP contribution in [0.5, 0.6) is 0 Å². The normalized spacial score (nSPS) is 12.2. The summed E-state index contributed by atoms with van der Waals surface area (Å²) in [6.45, 7) is 1.56. The summed E-state index contributed by atoms with van der Waals surface area (Å²) in [7, 11) is 0. The van der Waals surface area contributed by atoms with Gasteiger partial charge in [0.05, 0.1) is 11.0 Å². The summed E-state index contributed by atoms with van der Waals surface area (Å²) >= 11 is 0. The molecule has 4 aromatic rings. The second kappa shape index (κ2) is 5.02. The maximum Gasteiger partial charge on any atom is 0.435 e. The van der Waals surface area contributed by atoms with E-state index in [2.05, 4.69) is 15.1 Å². The van der Waals surface area contributed by atoms with Crippen molar-refractivity contribution in [2.75, 3.05) is 0 Å². The molecule has 0 amide bonds. The molecule has 1 aromatic carbocycles. The molecule has 120 valence electrons. The average Bonchev–Trinajstić information content (AvgIpc) is 2.96. The summed E-state index contributed by atoms with van der Waals surface area (Å²) in [5, 5.41) is 5.43. The van der Waals surface area contributed by atoms with E-state index in [-0.39, 0.29) is 0 Å². The number of hydrogen-bond donors (Lipinski definition) is 0. The van der Waals surface area contributed by atoms with Crippen LogP contribution in [-0.4, -0.2) is 19.7 Å². The van der Waals surface area contributed by atoms with Crippen molar-refractivity contribution in [3.05, 3.63) is 60.0 Å². The van der Waals surface area contributed by atoms with Crippen molar-refractivity contribution < 1.29 is 13.2 Å². The molecule has 0 spiro atoms. The van der Waals surface area contributed by atoms with Crippen LogP contribution in [0, 0.1) is 6.92 Å². The van der Waals surface area contributed by atoms with Crippen LogP contribution < -0.4 is 0 Å². The Morgan fingerprint density at radius 1 is 0.958 bits per heavy atom. The molecule has 24 heavy (non-hydrogen) atoms. The summed E-state index contributed by atoms with van der Waals surface area (Å²) in [6.07, 6.45) is -2.82. The lowest BCUT2D eigenvalue weighted by Crippen LogP contribution is -2.08. The second-order valence-electron chi connectivity index (χ2n) is 5.46. The van der Waals surface area contributed by atoms with Gasteiger partial charge in [-0.25, -0.2) is 9.67 Å². The minimum absolute atomic E-state index is 0.327. The summed E-state index contributed by atoms with van der Waals surface area (Å²) < 4.78 is 39.8. The Kier molecular flexibility index (Phi) is 3.06. The number of hydrogen-bond acceptors (Lipinski definition) is 3. The van der Waals surface area contributed by atoms with Crippen molar-refractivity contribution in [1.29, 1.82) is 0 Å². The third-order valence-corrected chi connectivity index (χ3v) is 3.81. The lowest BCUT2D eigenvalue weighted by molar-refractivity contribution is -0.141. The highest BCUT2D eigenvalue weighted by molar-refractivity contribution is 6.02. The molecule has 4 rings (SSSR count). The minimum Gasteiger partial charge on any atom is -0.254 e. The molecule has 4 nitrogen and oxygen atoms in total. The molecular weight excluding hydrogens is 317 g/mol. The first-order valence-electron chi connectivity index (χ1n) is 7.22. The molecule has 0 aliphatic heterocycles. The van der Waals surface area contributed by atoms with E-state index < -0.39 is 11.9 Å². The second-order valence-corrected chi connectivity index (χ2v) is 5.46. The Bertz CT molecular complexity index is 1070. The maximum absolute atomic E-state index is 12.9. The molecule has 0 saturated heterocycles. The van der Waals surface area contributed by atoms with Crippen LogP contribution in [0.1, 0.15) is 11.4 Å². The van der Waals surface area contributed by atoms with Gasteiger partial charge in [0.1, 0.15) is 0 Å². The van der Waals surface area contributed by atoms with Crippen molar-refractivity contribution in [3.63, 3.8) is 0 Å². The van der Waals surface area contributed by atoms with Gasteiger partial charge >= 0.3 is 6.18 Å². The SMILES string of the molecule is Cc1cc(C(F)(F)F)nn1-c1ccc2ccc3cccnc3c2n1. The van der Waals surface area contributed by atoms with E-state index in [1.54, 1.807) is 25.3 Å². The predicted octanol–water partition coefficient (Wildman–Crippen LogP) is 4.30. The zero-order valence-corrected chi connectivity index (χ0v) is 12.5. The largest absolute Gasteiger partial charge is 0.435 e. The van der Waals surface area contributed by atoms with E-state index in [9.17, 15) is 13.2 Å². The molecule has 0 unspecified atom stereocenters. The number of nitrogens with zero attached hydrogens (tertiary/aromatic N) is 4. The van der Waals surface area contributed by atoms with E-state index in [1.165, 1.54) is 4.68 Å². The summed E-state index contributed by atoms with van der Waals surface area (Å²) in [6, 6.07) is 12.0.